The van der Waals surface area contributed by atoms with E-state index < -0.39 is 0 Å². The Balaban J connectivity index is 2.59. The van der Waals surface area contributed by atoms with Crippen LogP contribution in [0.1, 0.15) is 52.4 Å². The van der Waals surface area contributed by atoms with Gasteiger partial charge in [0, 0.05) is 17.9 Å². The molecule has 0 saturated heterocycles. The van der Waals surface area contributed by atoms with Gasteiger partial charge in [-0.15, -0.1) is 0 Å². The fourth-order valence-corrected chi connectivity index (χ4v) is 2.39. The zero-order chi connectivity index (χ0) is 12.9. The Kier molecular flexibility index (Phi) is 4.91. The van der Waals surface area contributed by atoms with E-state index in [2.05, 4.69) is 11.7 Å². The molecule has 96 valence electrons. The van der Waals surface area contributed by atoms with Crippen LogP contribution in [0.5, 0.6) is 0 Å². The van der Waals surface area contributed by atoms with Crippen molar-refractivity contribution in [1.29, 1.82) is 0 Å². The summed E-state index contributed by atoms with van der Waals surface area (Å²) >= 11 is 0. The van der Waals surface area contributed by atoms with E-state index >= 15 is 0 Å². The van der Waals surface area contributed by atoms with Crippen LogP contribution in [0.25, 0.3) is 0 Å². The second kappa shape index (κ2) is 5.99. The van der Waals surface area contributed by atoms with Crippen molar-refractivity contribution in [2.75, 3.05) is 7.11 Å². The van der Waals surface area contributed by atoms with E-state index in [0.29, 0.717) is 6.42 Å². The average molecular weight is 238 g/mol. The van der Waals surface area contributed by atoms with Crippen LogP contribution in [0.4, 0.5) is 0 Å². The maximum absolute atomic E-state index is 12.2. The molecule has 0 spiro atoms. The number of methoxy groups -OCH3 is 1. The van der Waals surface area contributed by atoms with Crippen LogP contribution in [-0.2, 0) is 14.3 Å². The zero-order valence-electron chi connectivity index (χ0n) is 11.0. The number of carbonyl (C=O) groups is 2. The van der Waals surface area contributed by atoms with E-state index in [0.717, 1.165) is 31.3 Å². The first-order valence-electron chi connectivity index (χ1n) is 6.26. The van der Waals surface area contributed by atoms with Crippen molar-refractivity contribution in [1.82, 2.24) is 0 Å². The maximum Gasteiger partial charge on any atom is 0.330 e. The van der Waals surface area contributed by atoms with Crippen molar-refractivity contribution in [3.63, 3.8) is 0 Å². The van der Waals surface area contributed by atoms with Gasteiger partial charge in [0.2, 0.25) is 0 Å². The highest BCUT2D eigenvalue weighted by Crippen LogP contribution is 2.37. The van der Waals surface area contributed by atoms with Crippen LogP contribution in [0.15, 0.2) is 11.6 Å². The lowest BCUT2D eigenvalue weighted by atomic mass is 9.71. The molecule has 0 atom stereocenters. The van der Waals surface area contributed by atoms with Gasteiger partial charge in [-0.05, 0) is 19.8 Å². The molecule has 0 aliphatic heterocycles. The molecule has 0 bridgehead atoms. The van der Waals surface area contributed by atoms with Crippen LogP contribution in [0.3, 0.4) is 0 Å². The number of carbonyl (C=O) groups excluding carboxylic acids is 2. The predicted octanol–water partition coefficient (Wildman–Crippen LogP) is 3.04. The molecule has 0 unspecified atom stereocenters. The van der Waals surface area contributed by atoms with Gasteiger partial charge in [0.05, 0.1) is 7.11 Å². The highest BCUT2D eigenvalue weighted by molar-refractivity contribution is 5.89. The van der Waals surface area contributed by atoms with Gasteiger partial charge in [0.25, 0.3) is 0 Å². The van der Waals surface area contributed by atoms with Crippen LogP contribution in [-0.4, -0.2) is 18.9 Å². The van der Waals surface area contributed by atoms with Gasteiger partial charge in [-0.3, -0.25) is 4.79 Å². The summed E-state index contributed by atoms with van der Waals surface area (Å²) in [5.74, 6) is -0.126. The molecule has 0 aromatic rings. The van der Waals surface area contributed by atoms with E-state index in [4.69, 9.17) is 0 Å². The third-order valence-corrected chi connectivity index (χ3v) is 3.64. The summed E-state index contributed by atoms with van der Waals surface area (Å²) in [6, 6.07) is 0. The molecule has 17 heavy (non-hydrogen) atoms. The van der Waals surface area contributed by atoms with Crippen molar-refractivity contribution in [2.45, 2.75) is 52.4 Å². The van der Waals surface area contributed by atoms with Crippen LogP contribution in [0, 0.1) is 5.41 Å². The zero-order valence-corrected chi connectivity index (χ0v) is 11.0. The van der Waals surface area contributed by atoms with Gasteiger partial charge in [-0.25, -0.2) is 4.79 Å². The highest BCUT2D eigenvalue weighted by atomic mass is 16.5. The number of hydrogen-bond acceptors (Lipinski definition) is 3. The number of ketones is 1. The normalized spacial score (nSPS) is 19.8. The summed E-state index contributed by atoms with van der Waals surface area (Å²) in [5, 5.41) is 0. The Morgan fingerprint density at radius 3 is 2.35 bits per heavy atom. The molecule has 1 aliphatic rings. The van der Waals surface area contributed by atoms with Crippen molar-refractivity contribution >= 4 is 11.8 Å². The van der Waals surface area contributed by atoms with E-state index in [1.54, 1.807) is 6.92 Å². The molecular formula is C14H22O3. The van der Waals surface area contributed by atoms with Crippen molar-refractivity contribution in [3.8, 4) is 0 Å². The van der Waals surface area contributed by atoms with E-state index in [9.17, 15) is 9.59 Å². The molecule has 0 aromatic carbocycles. The van der Waals surface area contributed by atoms with Crippen LogP contribution >= 0.6 is 0 Å². The Morgan fingerprint density at radius 1 is 1.24 bits per heavy atom. The van der Waals surface area contributed by atoms with E-state index in [1.165, 1.54) is 19.6 Å². The highest BCUT2D eigenvalue weighted by Gasteiger charge is 2.33. The SMILES string of the molecule is COC(=O)/C=C(\C)CC(=O)C1(C)CCCCC1. The Morgan fingerprint density at radius 2 is 1.82 bits per heavy atom. The summed E-state index contributed by atoms with van der Waals surface area (Å²) in [6.45, 7) is 3.86. The monoisotopic (exact) mass is 238 g/mol. The summed E-state index contributed by atoms with van der Waals surface area (Å²) in [4.78, 5) is 23.3. The largest absolute Gasteiger partial charge is 0.466 e. The number of hydrogen-bond donors (Lipinski definition) is 0. The second-order valence-corrected chi connectivity index (χ2v) is 5.24. The molecule has 1 rings (SSSR count). The molecule has 0 N–H and O–H groups in total. The number of rotatable bonds is 4. The number of ether oxygens (including phenoxy) is 1. The smallest absolute Gasteiger partial charge is 0.330 e. The average Bonchev–Trinajstić information content (AvgIpc) is 2.29. The maximum atomic E-state index is 12.2. The van der Waals surface area contributed by atoms with E-state index in [1.807, 2.05) is 0 Å². The molecule has 0 amide bonds. The van der Waals surface area contributed by atoms with Crippen LogP contribution < -0.4 is 0 Å². The predicted molar refractivity (Wildman–Crippen MR) is 66.6 cm³/mol. The standard InChI is InChI=1S/C14H22O3/c1-11(10-13(16)17-3)9-12(15)14(2)7-5-4-6-8-14/h10H,4-9H2,1-3H3/b11-10+. The first-order chi connectivity index (χ1) is 7.98. The fraction of sp³-hybridized carbons (Fsp3) is 0.714. The summed E-state index contributed by atoms with van der Waals surface area (Å²) < 4.78 is 4.55. The van der Waals surface area contributed by atoms with Crippen molar-refractivity contribution in [2.24, 2.45) is 5.41 Å². The van der Waals surface area contributed by atoms with Gasteiger partial charge >= 0.3 is 5.97 Å². The Labute approximate surface area is 103 Å². The van der Waals surface area contributed by atoms with Crippen molar-refractivity contribution < 1.29 is 14.3 Å². The molecular weight excluding hydrogens is 216 g/mol. The van der Waals surface area contributed by atoms with Crippen LogP contribution in [0.2, 0.25) is 0 Å². The van der Waals surface area contributed by atoms with Gasteiger partial charge in [0.1, 0.15) is 5.78 Å². The molecule has 1 aliphatic carbocycles. The first-order valence-corrected chi connectivity index (χ1v) is 6.26. The molecule has 1 saturated carbocycles. The topological polar surface area (TPSA) is 43.4 Å². The number of esters is 1. The lowest BCUT2D eigenvalue weighted by Crippen LogP contribution is -2.30. The number of Topliss-reactive ketones (excluding diaryl/α,β-unsaturated/α-hetero) is 1. The Hall–Kier alpha value is -1.12. The lowest BCUT2D eigenvalue weighted by Gasteiger charge is -2.32. The first kappa shape index (κ1) is 13.9. The summed E-state index contributed by atoms with van der Waals surface area (Å²) in [5.41, 5.74) is 0.609. The molecule has 0 radical (unpaired) electrons. The summed E-state index contributed by atoms with van der Waals surface area (Å²) in [7, 11) is 1.34. The van der Waals surface area contributed by atoms with Gasteiger partial charge in [-0.1, -0.05) is 31.8 Å². The second-order valence-electron chi connectivity index (χ2n) is 5.24. The third kappa shape index (κ3) is 3.99. The number of allylic oxidation sites excluding steroid dienone is 1. The quantitative estimate of drug-likeness (QED) is 0.558. The Bertz CT molecular complexity index is 322. The van der Waals surface area contributed by atoms with Gasteiger partial charge < -0.3 is 4.74 Å². The lowest BCUT2D eigenvalue weighted by molar-refractivity contribution is -0.134. The van der Waals surface area contributed by atoms with Gasteiger partial charge in [0.15, 0.2) is 0 Å². The molecule has 0 aromatic heterocycles. The minimum absolute atomic E-state index is 0.177. The van der Waals surface area contributed by atoms with Crippen molar-refractivity contribution in [3.05, 3.63) is 11.6 Å². The molecule has 3 nitrogen and oxygen atoms in total. The van der Waals surface area contributed by atoms with E-state index in [-0.39, 0.29) is 17.2 Å². The summed E-state index contributed by atoms with van der Waals surface area (Å²) in [6.07, 6.45) is 7.26. The van der Waals surface area contributed by atoms with Gasteiger partial charge in [-0.2, -0.15) is 0 Å². The molecule has 3 heteroatoms. The fourth-order valence-electron chi connectivity index (χ4n) is 2.39. The minimum Gasteiger partial charge on any atom is -0.466 e. The molecule has 1 fully saturated rings. The minimum atomic E-state index is -0.385. The third-order valence-electron chi connectivity index (χ3n) is 3.64. The molecule has 0 heterocycles.